The Kier molecular flexibility index (Phi) is 5.84. The van der Waals surface area contributed by atoms with E-state index in [0.717, 1.165) is 25.1 Å². The number of hydrogen-bond donors (Lipinski definition) is 1. The van der Waals surface area contributed by atoms with E-state index in [1.54, 1.807) is 25.3 Å². The zero-order valence-electron chi connectivity index (χ0n) is 14.0. The zero-order chi connectivity index (χ0) is 17.8. The quantitative estimate of drug-likeness (QED) is 0.813. The van der Waals surface area contributed by atoms with E-state index < -0.39 is 0 Å². The lowest BCUT2D eigenvalue weighted by molar-refractivity contribution is -0.117. The summed E-state index contributed by atoms with van der Waals surface area (Å²) >= 11 is 12.1. The molecular weight excluding hydrogens is 359 g/mol. The van der Waals surface area contributed by atoms with Crippen LogP contribution in [0.5, 0.6) is 5.75 Å². The highest BCUT2D eigenvalue weighted by Crippen LogP contribution is 2.33. The average Bonchev–Trinajstić information content (AvgIpc) is 3.07. The summed E-state index contributed by atoms with van der Waals surface area (Å²) in [4.78, 5) is 14.6. The van der Waals surface area contributed by atoms with Crippen LogP contribution < -0.4 is 10.1 Å². The van der Waals surface area contributed by atoms with Crippen LogP contribution in [-0.2, 0) is 4.79 Å². The van der Waals surface area contributed by atoms with Gasteiger partial charge >= 0.3 is 0 Å². The maximum absolute atomic E-state index is 12.5. The lowest BCUT2D eigenvalue weighted by Crippen LogP contribution is -2.33. The van der Waals surface area contributed by atoms with Crippen molar-refractivity contribution in [1.82, 2.24) is 4.90 Å². The maximum Gasteiger partial charge on any atom is 0.238 e. The summed E-state index contributed by atoms with van der Waals surface area (Å²) in [5.74, 6) is 0.735. The number of likely N-dealkylation sites (tertiary alicyclic amines) is 1. The van der Waals surface area contributed by atoms with Gasteiger partial charge in [-0.05, 0) is 49.2 Å². The molecule has 0 aromatic heterocycles. The van der Waals surface area contributed by atoms with Crippen LogP contribution in [0.2, 0.25) is 10.0 Å². The summed E-state index contributed by atoms with van der Waals surface area (Å²) in [5, 5.41) is 3.64. The molecule has 132 valence electrons. The standard InChI is InChI=1S/C19H20Cl2N2O2/c1-25-14-6-2-5-13(11-14)17-9-4-10-23(17)12-18(24)22-16-8-3-7-15(20)19(16)21/h2-3,5-8,11,17H,4,9-10,12H2,1H3,(H,22,24)/t17-/m0/s1. The second-order valence-electron chi connectivity index (χ2n) is 6.05. The Morgan fingerprint density at radius 2 is 2.08 bits per heavy atom. The van der Waals surface area contributed by atoms with Gasteiger partial charge in [-0.2, -0.15) is 0 Å². The van der Waals surface area contributed by atoms with Crippen molar-refractivity contribution in [3.63, 3.8) is 0 Å². The molecule has 1 saturated heterocycles. The van der Waals surface area contributed by atoms with Gasteiger partial charge in [-0.15, -0.1) is 0 Å². The lowest BCUT2D eigenvalue weighted by atomic mass is 10.0. The highest BCUT2D eigenvalue weighted by molar-refractivity contribution is 6.44. The minimum atomic E-state index is -0.0982. The first-order valence-electron chi connectivity index (χ1n) is 8.20. The minimum Gasteiger partial charge on any atom is -0.497 e. The number of nitrogens with one attached hydrogen (secondary N) is 1. The van der Waals surface area contributed by atoms with E-state index in [4.69, 9.17) is 27.9 Å². The molecule has 0 spiro atoms. The van der Waals surface area contributed by atoms with E-state index in [0.29, 0.717) is 22.3 Å². The molecule has 4 nitrogen and oxygen atoms in total. The minimum absolute atomic E-state index is 0.0982. The fourth-order valence-corrected chi connectivity index (χ4v) is 3.56. The summed E-state index contributed by atoms with van der Waals surface area (Å²) in [6.07, 6.45) is 2.09. The number of hydrogen-bond acceptors (Lipinski definition) is 3. The van der Waals surface area contributed by atoms with Gasteiger partial charge in [0.15, 0.2) is 0 Å². The Morgan fingerprint density at radius 3 is 2.88 bits per heavy atom. The monoisotopic (exact) mass is 378 g/mol. The molecule has 1 N–H and O–H groups in total. The third-order valence-electron chi connectivity index (χ3n) is 4.41. The van der Waals surface area contributed by atoms with Gasteiger partial charge in [0, 0.05) is 6.04 Å². The largest absolute Gasteiger partial charge is 0.497 e. The Bertz CT molecular complexity index is 767. The van der Waals surface area contributed by atoms with Gasteiger partial charge in [-0.3, -0.25) is 9.69 Å². The molecule has 2 aromatic rings. The fraction of sp³-hybridized carbons (Fsp3) is 0.316. The molecule has 1 aliphatic heterocycles. The number of methoxy groups -OCH3 is 1. The van der Waals surface area contributed by atoms with Crippen molar-refractivity contribution in [2.75, 3.05) is 25.5 Å². The topological polar surface area (TPSA) is 41.6 Å². The number of amides is 1. The molecule has 1 amide bonds. The number of ether oxygens (including phenoxy) is 1. The van der Waals surface area contributed by atoms with Crippen molar-refractivity contribution in [3.8, 4) is 5.75 Å². The molecule has 2 aromatic carbocycles. The van der Waals surface area contributed by atoms with Crippen molar-refractivity contribution in [1.29, 1.82) is 0 Å². The summed E-state index contributed by atoms with van der Waals surface area (Å²) in [6, 6.07) is 13.4. The van der Waals surface area contributed by atoms with Crippen molar-refractivity contribution in [3.05, 3.63) is 58.1 Å². The van der Waals surface area contributed by atoms with Gasteiger partial charge in [-0.25, -0.2) is 0 Å². The normalized spacial score (nSPS) is 17.5. The van der Waals surface area contributed by atoms with E-state index in [1.807, 2.05) is 18.2 Å². The van der Waals surface area contributed by atoms with Crippen LogP contribution >= 0.6 is 23.2 Å². The number of halogens is 2. The van der Waals surface area contributed by atoms with Crippen LogP contribution in [0.25, 0.3) is 0 Å². The van der Waals surface area contributed by atoms with Crippen LogP contribution in [0.3, 0.4) is 0 Å². The van der Waals surface area contributed by atoms with E-state index >= 15 is 0 Å². The third kappa shape index (κ3) is 4.27. The van der Waals surface area contributed by atoms with Gasteiger partial charge in [0.1, 0.15) is 5.75 Å². The van der Waals surface area contributed by atoms with E-state index in [2.05, 4.69) is 16.3 Å². The lowest BCUT2D eigenvalue weighted by Gasteiger charge is -2.24. The van der Waals surface area contributed by atoms with E-state index in [1.165, 1.54) is 5.56 Å². The molecule has 0 unspecified atom stereocenters. The Morgan fingerprint density at radius 1 is 1.28 bits per heavy atom. The van der Waals surface area contributed by atoms with Gasteiger partial charge in [0.05, 0.1) is 29.4 Å². The highest BCUT2D eigenvalue weighted by Gasteiger charge is 2.28. The first-order valence-corrected chi connectivity index (χ1v) is 8.96. The van der Waals surface area contributed by atoms with Crippen LogP contribution in [0.4, 0.5) is 5.69 Å². The molecule has 3 rings (SSSR count). The summed E-state index contributed by atoms with van der Waals surface area (Å²) in [5.41, 5.74) is 1.71. The SMILES string of the molecule is COc1cccc([C@@H]2CCCN2CC(=O)Nc2cccc(Cl)c2Cl)c1. The third-order valence-corrected chi connectivity index (χ3v) is 5.23. The highest BCUT2D eigenvalue weighted by atomic mass is 35.5. The molecule has 0 bridgehead atoms. The Balaban J connectivity index is 1.68. The van der Waals surface area contributed by atoms with E-state index in [-0.39, 0.29) is 11.9 Å². The first kappa shape index (κ1) is 18.1. The number of carbonyl (C=O) groups excluding carboxylic acids is 1. The van der Waals surface area contributed by atoms with Gasteiger partial charge in [-0.1, -0.05) is 41.4 Å². The molecule has 1 atom stereocenters. The predicted molar refractivity (Wildman–Crippen MR) is 102 cm³/mol. The summed E-state index contributed by atoms with van der Waals surface area (Å²) in [7, 11) is 1.66. The predicted octanol–water partition coefficient (Wildman–Crippen LogP) is 4.78. The smallest absolute Gasteiger partial charge is 0.238 e. The summed E-state index contributed by atoms with van der Waals surface area (Å²) in [6.45, 7) is 1.20. The molecule has 25 heavy (non-hydrogen) atoms. The second-order valence-corrected chi connectivity index (χ2v) is 6.84. The molecule has 1 aliphatic rings. The van der Waals surface area contributed by atoms with Crippen molar-refractivity contribution in [2.24, 2.45) is 0 Å². The molecular formula is C19H20Cl2N2O2. The van der Waals surface area contributed by atoms with Crippen LogP contribution in [0.15, 0.2) is 42.5 Å². The number of benzene rings is 2. The number of anilines is 1. The molecule has 0 saturated carbocycles. The summed E-state index contributed by atoms with van der Waals surface area (Å²) < 4.78 is 5.31. The Labute approximate surface area is 157 Å². The number of nitrogens with zero attached hydrogens (tertiary/aromatic N) is 1. The fourth-order valence-electron chi connectivity index (χ4n) is 3.22. The number of rotatable bonds is 5. The van der Waals surface area contributed by atoms with Gasteiger partial charge in [0.2, 0.25) is 5.91 Å². The Hall–Kier alpha value is -1.75. The van der Waals surface area contributed by atoms with Crippen LogP contribution in [-0.4, -0.2) is 31.0 Å². The molecule has 1 fully saturated rings. The first-order chi connectivity index (χ1) is 12.1. The van der Waals surface area contributed by atoms with Crippen LogP contribution in [0.1, 0.15) is 24.4 Å². The van der Waals surface area contributed by atoms with Crippen molar-refractivity contribution in [2.45, 2.75) is 18.9 Å². The maximum atomic E-state index is 12.5. The van der Waals surface area contributed by atoms with E-state index in [9.17, 15) is 4.79 Å². The average molecular weight is 379 g/mol. The molecule has 1 heterocycles. The molecule has 0 aliphatic carbocycles. The molecule has 0 radical (unpaired) electrons. The number of carbonyl (C=O) groups is 1. The van der Waals surface area contributed by atoms with Crippen LogP contribution in [0, 0.1) is 0 Å². The van der Waals surface area contributed by atoms with Crippen molar-refractivity contribution < 1.29 is 9.53 Å². The second kappa shape index (κ2) is 8.09. The van der Waals surface area contributed by atoms with Crippen molar-refractivity contribution >= 4 is 34.8 Å². The zero-order valence-corrected chi connectivity index (χ0v) is 15.5. The van der Waals surface area contributed by atoms with Gasteiger partial charge in [0.25, 0.3) is 0 Å². The molecule has 6 heteroatoms. The van der Waals surface area contributed by atoms with Gasteiger partial charge < -0.3 is 10.1 Å².